The van der Waals surface area contributed by atoms with Gasteiger partial charge in [-0.25, -0.2) is 0 Å². The molecule has 0 aromatic heterocycles. The Balaban J connectivity index is 5.38. The number of amides is 1. The SMILES string of the molecule is CCCCCCCCC/C=C\CCCCCC(=O)OC(/C=C/CCCCCCCCCCCC)C(COP(=O)([O-])OCC[N+](C)(C)C)NC(=O)CCCCCCCCCCCCCCCC. The van der Waals surface area contributed by atoms with Gasteiger partial charge in [-0.15, -0.1) is 0 Å². The third-order valence-electron chi connectivity index (χ3n) is 12.6. The van der Waals surface area contributed by atoms with Crippen molar-refractivity contribution >= 4 is 19.7 Å². The highest BCUT2D eigenvalue weighted by Gasteiger charge is 2.27. The van der Waals surface area contributed by atoms with E-state index in [0.717, 1.165) is 64.2 Å². The Labute approximate surface area is 409 Å². The van der Waals surface area contributed by atoms with E-state index in [1.165, 1.54) is 167 Å². The lowest BCUT2D eigenvalue weighted by Crippen LogP contribution is -2.47. The number of quaternary nitrogens is 1. The maximum Gasteiger partial charge on any atom is 0.306 e. The van der Waals surface area contributed by atoms with Gasteiger partial charge in [0.2, 0.25) is 5.91 Å². The van der Waals surface area contributed by atoms with Gasteiger partial charge in [-0.05, 0) is 57.4 Å². The highest BCUT2D eigenvalue weighted by Crippen LogP contribution is 2.38. The van der Waals surface area contributed by atoms with E-state index < -0.39 is 20.0 Å². The zero-order chi connectivity index (χ0) is 48.7. The molecule has 0 rings (SSSR count). The van der Waals surface area contributed by atoms with Gasteiger partial charge in [-0.3, -0.25) is 14.2 Å². The van der Waals surface area contributed by atoms with Crippen molar-refractivity contribution in [2.45, 2.75) is 283 Å². The van der Waals surface area contributed by atoms with Crippen LogP contribution in [-0.2, 0) is 27.9 Å². The number of hydrogen-bond donors (Lipinski definition) is 1. The van der Waals surface area contributed by atoms with Crippen molar-refractivity contribution in [3.05, 3.63) is 24.3 Å². The van der Waals surface area contributed by atoms with E-state index >= 15 is 0 Å². The normalized spacial score (nSPS) is 14.0. The molecule has 0 aromatic rings. The second kappa shape index (κ2) is 47.2. The molecule has 0 aromatic carbocycles. The Bertz CT molecular complexity index is 1190. The van der Waals surface area contributed by atoms with Crippen LogP contribution in [0.1, 0.15) is 271 Å². The quantitative estimate of drug-likeness (QED) is 0.0212. The first-order valence-electron chi connectivity index (χ1n) is 28.1. The molecule has 9 nitrogen and oxygen atoms in total. The predicted octanol–water partition coefficient (Wildman–Crippen LogP) is 16.0. The minimum absolute atomic E-state index is 0.0212. The van der Waals surface area contributed by atoms with Crippen LogP contribution in [0.15, 0.2) is 24.3 Å². The molecule has 390 valence electrons. The Morgan fingerprint density at radius 1 is 0.515 bits per heavy atom. The van der Waals surface area contributed by atoms with Crippen molar-refractivity contribution in [3.8, 4) is 0 Å². The van der Waals surface area contributed by atoms with E-state index in [4.69, 9.17) is 13.8 Å². The summed E-state index contributed by atoms with van der Waals surface area (Å²) in [6.07, 6.45) is 52.8. The first-order chi connectivity index (χ1) is 31.9. The third-order valence-corrected chi connectivity index (χ3v) is 13.6. The Morgan fingerprint density at radius 3 is 1.30 bits per heavy atom. The summed E-state index contributed by atoms with van der Waals surface area (Å²) < 4.78 is 30.2. The van der Waals surface area contributed by atoms with Gasteiger partial charge in [-0.2, -0.15) is 0 Å². The molecule has 66 heavy (non-hydrogen) atoms. The van der Waals surface area contributed by atoms with Gasteiger partial charge in [0.1, 0.15) is 19.3 Å². The number of esters is 1. The van der Waals surface area contributed by atoms with Gasteiger partial charge < -0.3 is 28.5 Å². The second-order valence-corrected chi connectivity index (χ2v) is 21.9. The minimum atomic E-state index is -4.69. The number of carbonyl (C=O) groups is 2. The summed E-state index contributed by atoms with van der Waals surface area (Å²) in [7, 11) is 1.19. The van der Waals surface area contributed by atoms with Crippen LogP contribution in [0.4, 0.5) is 0 Å². The van der Waals surface area contributed by atoms with E-state index in [9.17, 15) is 19.0 Å². The molecule has 0 aliphatic heterocycles. The van der Waals surface area contributed by atoms with Gasteiger partial charge in [-0.1, -0.05) is 225 Å². The van der Waals surface area contributed by atoms with Crippen LogP contribution in [0.2, 0.25) is 0 Å². The number of likely N-dealkylation sites (N-methyl/N-ethyl adjacent to an activating group) is 1. The monoisotopic (exact) mass is 953 g/mol. The van der Waals surface area contributed by atoms with Crippen molar-refractivity contribution in [1.29, 1.82) is 0 Å². The van der Waals surface area contributed by atoms with Gasteiger partial charge in [0, 0.05) is 12.8 Å². The minimum Gasteiger partial charge on any atom is -0.756 e. The number of nitrogens with one attached hydrogen (secondary N) is 1. The topological polar surface area (TPSA) is 114 Å². The highest BCUT2D eigenvalue weighted by atomic mass is 31.2. The predicted molar refractivity (Wildman–Crippen MR) is 280 cm³/mol. The van der Waals surface area contributed by atoms with E-state index in [2.05, 4.69) is 38.2 Å². The summed E-state index contributed by atoms with van der Waals surface area (Å²) >= 11 is 0. The number of nitrogens with zero attached hydrogens (tertiary/aromatic N) is 1. The highest BCUT2D eigenvalue weighted by molar-refractivity contribution is 7.45. The van der Waals surface area contributed by atoms with E-state index in [1.807, 2.05) is 33.3 Å². The van der Waals surface area contributed by atoms with E-state index in [1.54, 1.807) is 0 Å². The van der Waals surface area contributed by atoms with Crippen molar-refractivity contribution in [2.75, 3.05) is 40.9 Å². The molecular formula is C56H109N2O7P. The fourth-order valence-electron chi connectivity index (χ4n) is 8.22. The van der Waals surface area contributed by atoms with Crippen LogP contribution in [0.3, 0.4) is 0 Å². The molecule has 0 bridgehead atoms. The van der Waals surface area contributed by atoms with Crippen LogP contribution in [0, 0.1) is 0 Å². The number of ether oxygens (including phenoxy) is 1. The molecule has 1 amide bonds. The number of phosphoric acid groups is 1. The van der Waals surface area contributed by atoms with Crippen molar-refractivity contribution in [3.63, 3.8) is 0 Å². The van der Waals surface area contributed by atoms with Crippen molar-refractivity contribution < 1.29 is 37.3 Å². The maximum atomic E-state index is 13.4. The number of unbranched alkanes of at least 4 members (excludes halogenated alkanes) is 33. The standard InChI is InChI=1S/C56H109N2O7P/c1-7-10-13-16-19-22-25-28-30-33-36-39-42-45-48-55(59)57-53(52-64-66(61,62)63-51-50-58(4,5)6)54(47-44-41-38-35-32-27-24-21-18-15-12-9-3)65-56(60)49-46-43-40-37-34-31-29-26-23-20-17-14-11-8-2/h31,34,44,47,53-54H,7-30,32-33,35-43,45-46,48-52H2,1-6H3,(H-,57,59,61,62)/b34-31-,47-44+. The molecule has 1 N–H and O–H groups in total. The van der Waals surface area contributed by atoms with Gasteiger partial charge in [0.25, 0.3) is 7.82 Å². The van der Waals surface area contributed by atoms with Gasteiger partial charge >= 0.3 is 5.97 Å². The molecule has 0 heterocycles. The van der Waals surface area contributed by atoms with Crippen LogP contribution < -0.4 is 10.2 Å². The summed E-state index contributed by atoms with van der Waals surface area (Å²) in [6, 6.07) is -0.886. The summed E-state index contributed by atoms with van der Waals surface area (Å²) in [5.41, 5.74) is 0. The third kappa shape index (κ3) is 47.6. The van der Waals surface area contributed by atoms with Gasteiger partial charge in [0.05, 0.1) is 33.8 Å². The van der Waals surface area contributed by atoms with Crippen LogP contribution in [0.5, 0.6) is 0 Å². The number of hydrogen-bond acceptors (Lipinski definition) is 7. The number of carbonyl (C=O) groups excluding carboxylic acids is 2. The van der Waals surface area contributed by atoms with Crippen molar-refractivity contribution in [2.24, 2.45) is 0 Å². The molecule has 0 aliphatic carbocycles. The number of allylic oxidation sites excluding steroid dienone is 3. The summed E-state index contributed by atoms with van der Waals surface area (Å²) in [6.45, 7) is 6.84. The van der Waals surface area contributed by atoms with E-state index in [0.29, 0.717) is 23.9 Å². The van der Waals surface area contributed by atoms with Crippen LogP contribution >= 0.6 is 7.82 Å². The second-order valence-electron chi connectivity index (χ2n) is 20.4. The molecule has 0 saturated heterocycles. The van der Waals surface area contributed by atoms with Crippen LogP contribution in [0.25, 0.3) is 0 Å². The largest absolute Gasteiger partial charge is 0.756 e. The molecule has 10 heteroatoms. The fourth-order valence-corrected chi connectivity index (χ4v) is 8.95. The lowest BCUT2D eigenvalue weighted by Gasteiger charge is -2.30. The molecule has 0 radical (unpaired) electrons. The molecule has 0 fully saturated rings. The maximum absolute atomic E-state index is 13.4. The summed E-state index contributed by atoms with van der Waals surface area (Å²) in [5, 5.41) is 3.02. The zero-order valence-corrected chi connectivity index (χ0v) is 45.3. The van der Waals surface area contributed by atoms with Crippen molar-refractivity contribution in [1.82, 2.24) is 5.32 Å². The first kappa shape index (κ1) is 64.5. The zero-order valence-electron chi connectivity index (χ0n) is 44.4. The Morgan fingerprint density at radius 2 is 0.879 bits per heavy atom. The lowest BCUT2D eigenvalue weighted by atomic mass is 10.0. The lowest BCUT2D eigenvalue weighted by molar-refractivity contribution is -0.870. The molecule has 0 spiro atoms. The molecule has 3 unspecified atom stereocenters. The average Bonchev–Trinajstić information content (AvgIpc) is 3.27. The van der Waals surface area contributed by atoms with Crippen LogP contribution in [-0.4, -0.2) is 69.4 Å². The van der Waals surface area contributed by atoms with Gasteiger partial charge in [0.15, 0.2) is 0 Å². The summed E-state index contributed by atoms with van der Waals surface area (Å²) in [4.78, 5) is 39.8. The fraction of sp³-hybridized carbons (Fsp3) is 0.893. The molecule has 0 aliphatic rings. The molecule has 0 saturated carbocycles. The first-order valence-corrected chi connectivity index (χ1v) is 29.6. The smallest absolute Gasteiger partial charge is 0.306 e. The number of phosphoric ester groups is 1. The number of rotatable bonds is 51. The Kier molecular flexibility index (Phi) is 46.1. The molecule has 3 atom stereocenters. The average molecular weight is 953 g/mol. The summed E-state index contributed by atoms with van der Waals surface area (Å²) in [5.74, 6) is -0.549. The Hall–Kier alpha value is -1.51. The van der Waals surface area contributed by atoms with E-state index in [-0.39, 0.29) is 31.5 Å². The molecular weight excluding hydrogens is 844 g/mol.